The number of thiophene rings is 1. The van der Waals surface area contributed by atoms with Crippen molar-refractivity contribution in [2.75, 3.05) is 0 Å². The lowest BCUT2D eigenvalue weighted by Gasteiger charge is -1.99. The van der Waals surface area contributed by atoms with Gasteiger partial charge in [-0.3, -0.25) is 4.79 Å². The summed E-state index contributed by atoms with van der Waals surface area (Å²) in [6.45, 7) is 7.52. The molecule has 0 bridgehead atoms. The Labute approximate surface area is 147 Å². The van der Waals surface area contributed by atoms with Gasteiger partial charge in [-0.05, 0) is 48.1 Å². The summed E-state index contributed by atoms with van der Waals surface area (Å²) >= 11 is 1.70. The smallest absolute Gasteiger partial charge is 0.248 e. The van der Waals surface area contributed by atoms with Crippen LogP contribution in [0.2, 0.25) is 0 Å². The average Bonchev–Trinajstić information content (AvgIpc) is 2.99. The van der Waals surface area contributed by atoms with E-state index in [0.717, 1.165) is 22.9 Å². The van der Waals surface area contributed by atoms with Crippen LogP contribution in [-0.2, 0) is 0 Å². The van der Waals surface area contributed by atoms with Gasteiger partial charge in [0.2, 0.25) is 5.91 Å². The number of carbonyl (C=O) groups is 1. The Morgan fingerprint density at radius 2 is 1.96 bits per heavy atom. The van der Waals surface area contributed by atoms with Crippen molar-refractivity contribution in [3.8, 4) is 0 Å². The summed E-state index contributed by atoms with van der Waals surface area (Å²) in [7, 11) is 0. The molecule has 0 saturated carbocycles. The fourth-order valence-corrected chi connectivity index (χ4v) is 3.33. The monoisotopic (exact) mass is 335 g/mol. The molecule has 0 aliphatic carbocycles. The summed E-state index contributed by atoms with van der Waals surface area (Å²) in [4.78, 5) is 12.5. The molecule has 1 aromatic carbocycles. The first kappa shape index (κ1) is 17.7. The van der Waals surface area contributed by atoms with E-state index >= 15 is 0 Å². The zero-order chi connectivity index (χ0) is 17.4. The van der Waals surface area contributed by atoms with Crippen LogP contribution in [0.25, 0.3) is 15.7 Å². The Morgan fingerprint density at radius 1 is 1.12 bits per heavy atom. The van der Waals surface area contributed by atoms with Crippen LogP contribution in [0.15, 0.2) is 80.0 Å². The maximum Gasteiger partial charge on any atom is 0.248 e. The van der Waals surface area contributed by atoms with Crippen LogP contribution in [0.4, 0.5) is 0 Å². The second-order valence-electron chi connectivity index (χ2n) is 5.25. The number of amides is 1. The van der Waals surface area contributed by atoms with E-state index in [9.17, 15) is 4.79 Å². The van der Waals surface area contributed by atoms with Crippen molar-refractivity contribution in [1.82, 2.24) is 0 Å². The molecule has 0 aliphatic rings. The molecule has 3 heteroatoms. The van der Waals surface area contributed by atoms with Crippen LogP contribution in [0, 0.1) is 0 Å². The maximum absolute atomic E-state index is 11.3. The lowest BCUT2D eigenvalue weighted by atomic mass is 10.1. The average molecular weight is 335 g/mol. The minimum Gasteiger partial charge on any atom is -0.366 e. The third-order valence-corrected chi connectivity index (χ3v) is 4.63. The van der Waals surface area contributed by atoms with Crippen LogP contribution in [0.3, 0.4) is 0 Å². The quantitative estimate of drug-likeness (QED) is 0.492. The molecule has 1 aromatic heterocycles. The van der Waals surface area contributed by atoms with Gasteiger partial charge in [0, 0.05) is 15.1 Å². The molecule has 1 amide bonds. The fourth-order valence-electron chi connectivity index (χ4n) is 2.25. The van der Waals surface area contributed by atoms with Crippen molar-refractivity contribution < 1.29 is 4.79 Å². The summed E-state index contributed by atoms with van der Waals surface area (Å²) < 4.78 is 1.14. The highest BCUT2D eigenvalue weighted by atomic mass is 32.1. The molecular formula is C21H21NOS. The van der Waals surface area contributed by atoms with Gasteiger partial charge in [-0.2, -0.15) is 0 Å². The molecule has 122 valence electrons. The molecule has 0 aliphatic heterocycles. The van der Waals surface area contributed by atoms with Crippen LogP contribution in [0.1, 0.15) is 28.1 Å². The molecule has 2 rings (SSSR count). The number of carbonyl (C=O) groups excluding carboxylic acids is 1. The molecule has 1 heterocycles. The van der Waals surface area contributed by atoms with Gasteiger partial charge in [-0.15, -0.1) is 24.5 Å². The summed E-state index contributed by atoms with van der Waals surface area (Å²) in [6, 6.07) is 7.66. The summed E-state index contributed by atoms with van der Waals surface area (Å²) in [5.41, 5.74) is 7.08. The predicted octanol–water partition coefficient (Wildman–Crippen LogP) is 5.65. The Hall–Kier alpha value is -2.65. The highest BCUT2D eigenvalue weighted by Crippen LogP contribution is 2.32. The zero-order valence-electron chi connectivity index (χ0n) is 13.6. The number of fused-ring (bicyclic) bond motifs is 1. The van der Waals surface area contributed by atoms with Gasteiger partial charge >= 0.3 is 0 Å². The first-order valence-electron chi connectivity index (χ1n) is 7.73. The molecule has 2 nitrogen and oxygen atoms in total. The standard InChI is InChI=1S/C21H21NOS/c1-3-5-6-7-8-9-11-16(10-4-2)20-15-18-14-17(21(22)23)12-13-19(18)24-20/h3-4,6-9,11-15H,1-2,5,10H2,(H2,22,23)/b7-6+,9-8+,16-11-. The molecule has 24 heavy (non-hydrogen) atoms. The van der Waals surface area contributed by atoms with Gasteiger partial charge < -0.3 is 5.73 Å². The van der Waals surface area contributed by atoms with Gasteiger partial charge in [0.15, 0.2) is 0 Å². The number of hydrogen-bond donors (Lipinski definition) is 1. The minimum absolute atomic E-state index is 0.402. The number of primary amides is 1. The Morgan fingerprint density at radius 3 is 2.67 bits per heavy atom. The van der Waals surface area contributed by atoms with E-state index in [2.05, 4.69) is 31.4 Å². The minimum atomic E-state index is -0.402. The van der Waals surface area contributed by atoms with Crippen molar-refractivity contribution in [3.63, 3.8) is 0 Å². The SMILES string of the molecule is C=CC/C=C/C=C/C=C(/CC=C)c1cc2cc(C(N)=O)ccc2s1. The lowest BCUT2D eigenvalue weighted by molar-refractivity contribution is 0.100. The third-order valence-electron chi connectivity index (χ3n) is 3.44. The molecule has 0 fully saturated rings. The largest absolute Gasteiger partial charge is 0.366 e. The van der Waals surface area contributed by atoms with E-state index in [1.54, 1.807) is 17.4 Å². The summed E-state index contributed by atoms with van der Waals surface area (Å²) in [6.07, 6.45) is 15.6. The number of hydrogen-bond acceptors (Lipinski definition) is 2. The fraction of sp³-hybridized carbons (Fsp3) is 0.0952. The van der Waals surface area contributed by atoms with E-state index in [-0.39, 0.29) is 0 Å². The second kappa shape index (κ2) is 8.85. The van der Waals surface area contributed by atoms with Crippen molar-refractivity contribution in [2.45, 2.75) is 12.8 Å². The predicted molar refractivity (Wildman–Crippen MR) is 106 cm³/mol. The third kappa shape index (κ3) is 4.67. The van der Waals surface area contributed by atoms with Crippen LogP contribution < -0.4 is 5.73 Å². The van der Waals surface area contributed by atoms with E-state index in [4.69, 9.17) is 5.73 Å². The van der Waals surface area contributed by atoms with Gasteiger partial charge in [0.05, 0.1) is 0 Å². The molecule has 0 atom stereocenters. The summed E-state index contributed by atoms with van der Waals surface area (Å²) in [5.74, 6) is -0.402. The number of allylic oxidation sites excluding steroid dienone is 8. The molecular weight excluding hydrogens is 314 g/mol. The lowest BCUT2D eigenvalue weighted by Crippen LogP contribution is -2.10. The summed E-state index contributed by atoms with van der Waals surface area (Å²) in [5, 5.41) is 1.04. The normalized spacial score (nSPS) is 12.2. The zero-order valence-corrected chi connectivity index (χ0v) is 14.4. The van der Waals surface area contributed by atoms with Crippen molar-refractivity contribution in [1.29, 1.82) is 0 Å². The topological polar surface area (TPSA) is 43.1 Å². The second-order valence-corrected chi connectivity index (χ2v) is 6.33. The molecule has 0 radical (unpaired) electrons. The van der Waals surface area contributed by atoms with E-state index in [1.165, 1.54) is 10.5 Å². The molecule has 2 N–H and O–H groups in total. The number of nitrogens with two attached hydrogens (primary N) is 1. The highest BCUT2D eigenvalue weighted by molar-refractivity contribution is 7.20. The molecule has 0 unspecified atom stereocenters. The van der Waals surface area contributed by atoms with Gasteiger partial charge in [0.25, 0.3) is 0 Å². The molecule has 0 saturated heterocycles. The van der Waals surface area contributed by atoms with Crippen LogP contribution in [0.5, 0.6) is 0 Å². The van der Waals surface area contributed by atoms with E-state index < -0.39 is 5.91 Å². The first-order valence-corrected chi connectivity index (χ1v) is 8.55. The van der Waals surface area contributed by atoms with Gasteiger partial charge in [-0.1, -0.05) is 42.5 Å². The molecule has 0 spiro atoms. The van der Waals surface area contributed by atoms with E-state index in [1.807, 2.05) is 42.5 Å². The Kier molecular flexibility index (Phi) is 6.52. The maximum atomic E-state index is 11.3. The number of rotatable bonds is 8. The van der Waals surface area contributed by atoms with E-state index in [0.29, 0.717) is 5.56 Å². The van der Waals surface area contributed by atoms with Crippen LogP contribution >= 0.6 is 11.3 Å². The van der Waals surface area contributed by atoms with Crippen LogP contribution in [-0.4, -0.2) is 5.91 Å². The van der Waals surface area contributed by atoms with Crippen molar-refractivity contribution >= 4 is 32.9 Å². The van der Waals surface area contributed by atoms with Crippen molar-refractivity contribution in [2.24, 2.45) is 5.73 Å². The Balaban J connectivity index is 2.29. The Bertz CT molecular complexity index is 837. The number of benzene rings is 1. The highest BCUT2D eigenvalue weighted by Gasteiger charge is 2.08. The van der Waals surface area contributed by atoms with Gasteiger partial charge in [0.1, 0.15) is 0 Å². The van der Waals surface area contributed by atoms with Gasteiger partial charge in [-0.25, -0.2) is 0 Å². The first-order chi connectivity index (χ1) is 11.7. The molecule has 2 aromatic rings. The van der Waals surface area contributed by atoms with Crippen molar-refractivity contribution in [3.05, 3.63) is 90.4 Å².